The third-order valence-corrected chi connectivity index (χ3v) is 8.90. The van der Waals surface area contributed by atoms with Gasteiger partial charge in [0.25, 0.3) is 0 Å². The van der Waals surface area contributed by atoms with Crippen LogP contribution >= 0.6 is 34.5 Å². The van der Waals surface area contributed by atoms with Crippen molar-refractivity contribution >= 4 is 62.5 Å². The van der Waals surface area contributed by atoms with Gasteiger partial charge in [-0.05, 0) is 72.1 Å². The number of halogens is 3. The summed E-state index contributed by atoms with van der Waals surface area (Å²) in [5.74, 6) is -0.528. The highest BCUT2D eigenvalue weighted by Crippen LogP contribution is 2.37. The van der Waals surface area contributed by atoms with Crippen molar-refractivity contribution in [2.45, 2.75) is 31.8 Å². The number of piperidine rings is 1. The number of likely N-dealkylation sites (tertiary alicyclic amines) is 1. The minimum Gasteiger partial charge on any atom is -0.373 e. The third-order valence-electron chi connectivity index (χ3n) is 7.62. The molecule has 5 aromatic rings. The van der Waals surface area contributed by atoms with Gasteiger partial charge in [-0.15, -0.1) is 5.10 Å². The Balaban J connectivity index is 1.36. The van der Waals surface area contributed by atoms with Crippen molar-refractivity contribution in [3.05, 3.63) is 92.2 Å². The van der Waals surface area contributed by atoms with E-state index in [1.807, 2.05) is 28.4 Å². The maximum atomic E-state index is 13.8. The molecule has 1 saturated heterocycles. The lowest BCUT2D eigenvalue weighted by atomic mass is 10.0. The fourth-order valence-electron chi connectivity index (χ4n) is 5.32. The Labute approximate surface area is 256 Å². The van der Waals surface area contributed by atoms with Crippen LogP contribution < -0.4 is 10.6 Å². The number of pyridine rings is 1. The first-order valence-electron chi connectivity index (χ1n) is 13.6. The number of nitrogens with zero attached hydrogens (tertiary/aromatic N) is 6. The maximum Gasteiger partial charge on any atom is 0.141 e. The lowest BCUT2D eigenvalue weighted by molar-refractivity contribution is 0.186. The van der Waals surface area contributed by atoms with E-state index in [9.17, 15) is 9.65 Å². The number of nitrogens with one attached hydrogen (secondary N) is 2. The fourth-order valence-corrected chi connectivity index (χ4v) is 6.45. The number of anilines is 3. The Morgan fingerprint density at radius 3 is 2.67 bits per heavy atom. The van der Waals surface area contributed by atoms with Gasteiger partial charge in [0.05, 0.1) is 45.1 Å². The van der Waals surface area contributed by atoms with E-state index in [0.717, 1.165) is 43.7 Å². The van der Waals surface area contributed by atoms with E-state index < -0.39 is 5.82 Å². The summed E-state index contributed by atoms with van der Waals surface area (Å²) in [6.07, 6.45) is 5.57. The molecule has 4 heterocycles. The SMILES string of the molecule is CCN1CCC(n2cc([C@@H](Nc3cc(Cl)c4ncc(C#N)c(Nc5ccc(F)c(Cl)c5)c4c3)c3ccsc3)nn2)CC1. The van der Waals surface area contributed by atoms with Crippen molar-refractivity contribution < 1.29 is 4.39 Å². The summed E-state index contributed by atoms with van der Waals surface area (Å²) >= 11 is 14.4. The van der Waals surface area contributed by atoms with Gasteiger partial charge in [-0.2, -0.15) is 16.6 Å². The Morgan fingerprint density at radius 2 is 1.95 bits per heavy atom. The van der Waals surface area contributed by atoms with Crippen molar-refractivity contribution in [3.8, 4) is 6.07 Å². The standard InChI is InChI=1S/C30H27Cl2FN8S/c1-2-40-8-5-22(6-9-40)41-16-27(38-39-41)29(18-7-10-42-17-18)37-21-11-23-28(36-20-3-4-26(33)24(31)12-20)19(14-34)15-35-30(23)25(32)13-21/h3-4,7,10-13,15-17,22,29,37H,2,5-6,8-9H2,1H3,(H,35,36)/t29-/m0/s1. The minimum absolute atomic E-state index is 0.0279. The topological polar surface area (TPSA) is 94.7 Å². The van der Waals surface area contributed by atoms with Crippen LogP contribution in [0, 0.1) is 17.1 Å². The van der Waals surface area contributed by atoms with Gasteiger partial charge >= 0.3 is 0 Å². The second-order valence-electron chi connectivity index (χ2n) is 10.2. The van der Waals surface area contributed by atoms with E-state index in [-0.39, 0.29) is 11.1 Å². The van der Waals surface area contributed by atoms with Crippen LogP contribution in [0.4, 0.5) is 21.5 Å². The lowest BCUT2D eigenvalue weighted by Gasteiger charge is -2.30. The Bertz CT molecular complexity index is 1760. The third kappa shape index (κ3) is 5.78. The molecular weight excluding hydrogens is 594 g/mol. The maximum absolute atomic E-state index is 13.8. The molecule has 6 rings (SSSR count). The number of fused-ring (bicyclic) bond motifs is 1. The first-order chi connectivity index (χ1) is 20.4. The van der Waals surface area contributed by atoms with Crippen LogP contribution in [0.3, 0.4) is 0 Å². The van der Waals surface area contributed by atoms with Gasteiger partial charge < -0.3 is 15.5 Å². The molecule has 12 heteroatoms. The highest BCUT2D eigenvalue weighted by atomic mass is 35.5. The molecule has 0 unspecified atom stereocenters. The molecule has 2 N–H and O–H groups in total. The van der Waals surface area contributed by atoms with Crippen LogP contribution in [-0.2, 0) is 0 Å². The van der Waals surface area contributed by atoms with Gasteiger partial charge in [0.2, 0.25) is 0 Å². The second kappa shape index (κ2) is 12.2. The first kappa shape index (κ1) is 28.4. The molecule has 1 fully saturated rings. The quantitative estimate of drug-likeness (QED) is 0.183. The molecule has 0 spiro atoms. The lowest BCUT2D eigenvalue weighted by Crippen LogP contribution is -2.34. The minimum atomic E-state index is -0.528. The van der Waals surface area contributed by atoms with E-state index in [1.54, 1.807) is 17.4 Å². The summed E-state index contributed by atoms with van der Waals surface area (Å²) in [5.41, 5.74) is 4.41. The van der Waals surface area contributed by atoms with Gasteiger partial charge in [0.1, 0.15) is 17.6 Å². The van der Waals surface area contributed by atoms with Crippen molar-refractivity contribution in [2.24, 2.45) is 0 Å². The largest absolute Gasteiger partial charge is 0.373 e. The van der Waals surface area contributed by atoms with Crippen molar-refractivity contribution in [3.63, 3.8) is 0 Å². The summed E-state index contributed by atoms with van der Waals surface area (Å²) in [6.45, 7) is 5.36. The molecule has 8 nitrogen and oxygen atoms in total. The monoisotopic (exact) mass is 620 g/mol. The fraction of sp³-hybridized carbons (Fsp3) is 0.267. The highest BCUT2D eigenvalue weighted by molar-refractivity contribution is 7.08. The summed E-state index contributed by atoms with van der Waals surface area (Å²) in [6, 6.07) is 12.3. The Hall–Kier alpha value is -3.75. The zero-order valence-corrected chi connectivity index (χ0v) is 25.0. The number of hydrogen-bond donors (Lipinski definition) is 2. The van der Waals surface area contributed by atoms with Gasteiger partial charge in [-0.25, -0.2) is 9.07 Å². The molecule has 0 amide bonds. The van der Waals surface area contributed by atoms with E-state index in [1.165, 1.54) is 18.3 Å². The van der Waals surface area contributed by atoms with E-state index in [4.69, 9.17) is 23.2 Å². The molecule has 1 aliphatic rings. The summed E-state index contributed by atoms with van der Waals surface area (Å²) in [7, 11) is 0. The predicted octanol–water partition coefficient (Wildman–Crippen LogP) is 7.81. The predicted molar refractivity (Wildman–Crippen MR) is 166 cm³/mol. The number of hydrogen-bond acceptors (Lipinski definition) is 8. The van der Waals surface area contributed by atoms with E-state index in [0.29, 0.717) is 44.6 Å². The smallest absolute Gasteiger partial charge is 0.141 e. The second-order valence-corrected chi connectivity index (χ2v) is 11.8. The zero-order valence-electron chi connectivity index (χ0n) is 22.7. The first-order valence-corrected chi connectivity index (χ1v) is 15.3. The molecule has 1 aliphatic heterocycles. The number of rotatable bonds is 8. The van der Waals surface area contributed by atoms with Crippen LogP contribution in [0.25, 0.3) is 10.9 Å². The summed E-state index contributed by atoms with van der Waals surface area (Å²) < 4.78 is 15.8. The Kier molecular flexibility index (Phi) is 8.27. The number of benzene rings is 2. The van der Waals surface area contributed by atoms with Crippen LogP contribution in [0.1, 0.15) is 48.7 Å². The Morgan fingerprint density at radius 1 is 1.14 bits per heavy atom. The highest BCUT2D eigenvalue weighted by Gasteiger charge is 2.24. The molecule has 3 aromatic heterocycles. The van der Waals surface area contributed by atoms with Gasteiger partial charge in [-0.1, -0.05) is 35.3 Å². The molecule has 0 aliphatic carbocycles. The van der Waals surface area contributed by atoms with Crippen LogP contribution in [0.2, 0.25) is 10.0 Å². The molecule has 1 atom stereocenters. The summed E-state index contributed by atoms with van der Waals surface area (Å²) in [5, 5.41) is 30.9. The van der Waals surface area contributed by atoms with Crippen LogP contribution in [0.15, 0.2) is 59.6 Å². The average Bonchev–Trinajstić information content (AvgIpc) is 3.72. The van der Waals surface area contributed by atoms with Gasteiger partial charge in [0.15, 0.2) is 0 Å². The molecular formula is C30H27Cl2FN8S. The molecule has 0 bridgehead atoms. The normalized spacial score (nSPS) is 15.0. The van der Waals surface area contributed by atoms with Crippen LogP contribution in [-0.4, -0.2) is 44.5 Å². The van der Waals surface area contributed by atoms with Crippen LogP contribution in [0.5, 0.6) is 0 Å². The molecule has 214 valence electrons. The summed E-state index contributed by atoms with van der Waals surface area (Å²) in [4.78, 5) is 6.90. The average molecular weight is 622 g/mol. The number of thiophene rings is 1. The van der Waals surface area contributed by atoms with Crippen molar-refractivity contribution in [1.82, 2.24) is 24.9 Å². The van der Waals surface area contributed by atoms with E-state index in [2.05, 4.69) is 55.3 Å². The number of aromatic nitrogens is 4. The molecule has 0 radical (unpaired) electrons. The van der Waals surface area contributed by atoms with Crippen molar-refractivity contribution in [1.29, 1.82) is 5.26 Å². The zero-order chi connectivity index (χ0) is 29.2. The molecule has 42 heavy (non-hydrogen) atoms. The van der Waals surface area contributed by atoms with Gasteiger partial charge in [0, 0.05) is 36.0 Å². The van der Waals surface area contributed by atoms with E-state index >= 15 is 0 Å². The van der Waals surface area contributed by atoms with Gasteiger partial charge in [-0.3, -0.25) is 4.98 Å². The molecule has 0 saturated carbocycles. The van der Waals surface area contributed by atoms with Crippen molar-refractivity contribution in [2.75, 3.05) is 30.3 Å². The number of nitriles is 1. The molecule has 2 aromatic carbocycles.